The number of esters is 2. The second-order valence-corrected chi connectivity index (χ2v) is 13.3. The zero-order valence-corrected chi connectivity index (χ0v) is 25.9. The summed E-state index contributed by atoms with van der Waals surface area (Å²) in [4.78, 5) is 29.9. The van der Waals surface area contributed by atoms with E-state index in [1.54, 1.807) is 0 Å². The summed E-state index contributed by atoms with van der Waals surface area (Å²) in [6.45, 7) is 5.26. The molecule has 6 aliphatic rings. The molecule has 44 heavy (non-hydrogen) atoms. The van der Waals surface area contributed by atoms with Gasteiger partial charge < -0.3 is 34.5 Å². The molecule has 2 fully saturated rings. The number of phenols is 1. The van der Waals surface area contributed by atoms with E-state index in [2.05, 4.69) is 15.9 Å². The molecule has 4 bridgehead atoms. The number of methoxy groups -OCH3 is 1. The highest BCUT2D eigenvalue weighted by atomic mass is 32.2. The first-order chi connectivity index (χ1) is 21.0. The van der Waals surface area contributed by atoms with Crippen molar-refractivity contribution in [3.63, 3.8) is 0 Å². The third kappa shape index (κ3) is 3.87. The van der Waals surface area contributed by atoms with Crippen molar-refractivity contribution in [2.75, 3.05) is 39.9 Å². The molecule has 0 spiro atoms. The Labute approximate surface area is 258 Å². The Morgan fingerprint density at radius 1 is 1.20 bits per heavy atom. The van der Waals surface area contributed by atoms with Crippen LogP contribution in [0.25, 0.3) is 0 Å². The number of thioether (sulfide) groups is 1. The summed E-state index contributed by atoms with van der Waals surface area (Å²) in [5, 5.41) is 22.4. The maximum atomic E-state index is 13.0. The van der Waals surface area contributed by atoms with E-state index in [0.717, 1.165) is 16.7 Å². The second-order valence-electron chi connectivity index (χ2n) is 12.2. The lowest BCUT2D eigenvalue weighted by Crippen LogP contribution is -2.69. The van der Waals surface area contributed by atoms with Gasteiger partial charge in [0.25, 0.3) is 0 Å². The minimum atomic E-state index is -1.09. The monoisotopic (exact) mass is 622 g/mol. The number of fused-ring (bicyclic) bond motifs is 6. The molecule has 0 saturated carbocycles. The Balaban J connectivity index is 1.59. The number of aryl methyl sites for hydroxylation is 1. The molecule has 12 nitrogen and oxygen atoms in total. The van der Waals surface area contributed by atoms with Crippen molar-refractivity contribution in [1.82, 2.24) is 9.80 Å². The summed E-state index contributed by atoms with van der Waals surface area (Å²) in [7, 11) is 3.48. The summed E-state index contributed by atoms with van der Waals surface area (Å²) in [6.07, 6.45) is 0.313. The molecule has 13 heteroatoms. The van der Waals surface area contributed by atoms with Gasteiger partial charge in [0.2, 0.25) is 6.79 Å². The number of likely N-dealkylation sites (N-methyl/N-ethyl adjacent to an activating group) is 1. The first kappa shape index (κ1) is 29.0. The number of hydrogen-bond acceptors (Lipinski definition) is 13. The van der Waals surface area contributed by atoms with Gasteiger partial charge in [0.1, 0.15) is 23.9 Å². The molecular weight excluding hydrogens is 588 g/mol. The number of aromatic hydroxyl groups is 1. The van der Waals surface area contributed by atoms with Crippen LogP contribution in [0.15, 0.2) is 6.07 Å². The summed E-state index contributed by atoms with van der Waals surface area (Å²) < 4.78 is 29.5. The smallest absolute Gasteiger partial charge is 0.323 e. The molecule has 0 amide bonds. The van der Waals surface area contributed by atoms with E-state index in [4.69, 9.17) is 29.4 Å². The standard InChI is InChI=1S/C31H34N4O8S/c1-13-6-16-7-31(10-32)11-34(4)22(19(16)24(37)25(13)39-5)23-29-21-20(18(35(23)31)8-40-30(38)17(33)9-44-29)28-27(41-12-42-28)14(2)26(21)43-15(3)36/h6,17-18,22-23,29,37H,7-9,11-12,33H2,1-5H3/t17?,18-,22+,23?,29+,31-/m0/s1. The fourth-order valence-corrected chi connectivity index (χ4v) is 9.52. The van der Waals surface area contributed by atoms with Crippen LogP contribution in [0.2, 0.25) is 0 Å². The number of carbonyl (C=O) groups is 2. The highest BCUT2D eigenvalue weighted by Gasteiger charge is 2.63. The number of phenolic OH excluding ortho intramolecular Hbond substituents is 1. The van der Waals surface area contributed by atoms with Crippen molar-refractivity contribution >= 4 is 23.7 Å². The summed E-state index contributed by atoms with van der Waals surface area (Å²) in [5.74, 6) is 0.902. The number of hydrogen-bond donors (Lipinski definition) is 2. The van der Waals surface area contributed by atoms with E-state index in [1.165, 1.54) is 25.8 Å². The molecule has 2 aromatic carbocycles. The third-order valence-electron chi connectivity index (χ3n) is 9.61. The van der Waals surface area contributed by atoms with Gasteiger partial charge >= 0.3 is 11.9 Å². The maximum Gasteiger partial charge on any atom is 0.323 e. The first-order valence-corrected chi connectivity index (χ1v) is 15.5. The number of nitrogens with two attached hydrogens (primary N) is 1. The van der Waals surface area contributed by atoms with Crippen LogP contribution in [0.3, 0.4) is 0 Å². The van der Waals surface area contributed by atoms with Gasteiger partial charge in [-0.3, -0.25) is 19.4 Å². The predicted octanol–water partition coefficient (Wildman–Crippen LogP) is 2.56. The lowest BCUT2D eigenvalue weighted by atomic mass is 9.76. The van der Waals surface area contributed by atoms with Crippen LogP contribution in [0, 0.1) is 25.2 Å². The minimum absolute atomic E-state index is 0.0299. The summed E-state index contributed by atoms with van der Waals surface area (Å²) in [5.41, 5.74) is 9.52. The molecule has 2 aromatic rings. The highest BCUT2D eigenvalue weighted by molar-refractivity contribution is 7.99. The highest BCUT2D eigenvalue weighted by Crippen LogP contribution is 2.65. The molecule has 7 atom stereocenters. The molecule has 232 valence electrons. The third-order valence-corrected chi connectivity index (χ3v) is 11.0. The van der Waals surface area contributed by atoms with Crippen LogP contribution in [0.1, 0.15) is 57.6 Å². The van der Waals surface area contributed by atoms with Gasteiger partial charge in [0.05, 0.1) is 30.5 Å². The number of carbonyl (C=O) groups excluding carboxylic acids is 2. The Hall–Kier alpha value is -3.70. The topological polar surface area (TPSA) is 157 Å². The lowest BCUT2D eigenvalue weighted by Gasteiger charge is -2.60. The number of piperazine rings is 1. The fourth-order valence-electron chi connectivity index (χ4n) is 8.09. The Morgan fingerprint density at radius 2 is 1.95 bits per heavy atom. The minimum Gasteiger partial charge on any atom is -0.504 e. The van der Waals surface area contributed by atoms with E-state index >= 15 is 0 Å². The number of nitrogens with zero attached hydrogens (tertiary/aromatic N) is 3. The zero-order valence-electron chi connectivity index (χ0n) is 25.1. The first-order valence-electron chi connectivity index (χ1n) is 14.5. The van der Waals surface area contributed by atoms with E-state index < -0.39 is 46.9 Å². The van der Waals surface area contributed by atoms with Crippen LogP contribution >= 0.6 is 11.8 Å². The SMILES string of the molecule is COc1c(C)cc2c(c1O)[C@@H]1C3[C@@H]4SCC(N)C(=O)OC[C@@H](c5c6c(c(C)c(OC(C)=O)c54)OCO6)N3[C@](C#N)(C2)CN1C. The maximum absolute atomic E-state index is 13.0. The quantitative estimate of drug-likeness (QED) is 0.372. The van der Waals surface area contributed by atoms with E-state index in [0.29, 0.717) is 52.7 Å². The number of cyclic esters (lactones) is 1. The molecule has 0 aliphatic carbocycles. The van der Waals surface area contributed by atoms with Gasteiger partial charge in [-0.05, 0) is 32.0 Å². The van der Waals surface area contributed by atoms with Crippen molar-refractivity contribution < 1.29 is 38.4 Å². The molecule has 3 N–H and O–H groups in total. The van der Waals surface area contributed by atoms with Crippen molar-refractivity contribution in [2.24, 2.45) is 5.73 Å². The Kier molecular flexibility index (Phi) is 6.71. The van der Waals surface area contributed by atoms with Crippen molar-refractivity contribution in [2.45, 2.75) is 62.1 Å². The van der Waals surface area contributed by atoms with Gasteiger partial charge in [-0.2, -0.15) is 5.26 Å². The average Bonchev–Trinajstić information content (AvgIpc) is 3.38. The summed E-state index contributed by atoms with van der Waals surface area (Å²) >= 11 is 1.44. The van der Waals surface area contributed by atoms with Crippen LogP contribution in [-0.4, -0.2) is 84.3 Å². The van der Waals surface area contributed by atoms with Crippen LogP contribution in [-0.2, 0) is 20.7 Å². The fraction of sp³-hybridized carbons (Fsp3) is 0.516. The van der Waals surface area contributed by atoms with Crippen molar-refractivity contribution in [3.05, 3.63) is 39.4 Å². The number of rotatable bonds is 2. The van der Waals surface area contributed by atoms with Crippen molar-refractivity contribution in [3.8, 4) is 34.8 Å². The molecule has 6 heterocycles. The van der Waals surface area contributed by atoms with Crippen LogP contribution in [0.5, 0.6) is 28.7 Å². The molecule has 2 saturated heterocycles. The Morgan fingerprint density at radius 3 is 2.66 bits per heavy atom. The van der Waals surface area contributed by atoms with Gasteiger partial charge in [-0.15, -0.1) is 11.8 Å². The van der Waals surface area contributed by atoms with E-state index in [-0.39, 0.29) is 24.9 Å². The molecule has 0 radical (unpaired) electrons. The molecule has 8 rings (SSSR count). The van der Waals surface area contributed by atoms with Crippen LogP contribution < -0.4 is 24.7 Å². The zero-order chi connectivity index (χ0) is 31.2. The molecule has 3 unspecified atom stereocenters. The van der Waals surface area contributed by atoms with E-state index in [9.17, 15) is 20.0 Å². The van der Waals surface area contributed by atoms with Gasteiger partial charge in [-0.25, -0.2) is 0 Å². The van der Waals surface area contributed by atoms with Gasteiger partial charge in [-0.1, -0.05) is 6.07 Å². The number of nitriles is 1. The van der Waals surface area contributed by atoms with Crippen molar-refractivity contribution in [1.29, 1.82) is 5.26 Å². The molecule has 0 aromatic heterocycles. The predicted molar refractivity (Wildman–Crippen MR) is 158 cm³/mol. The molecule has 6 aliphatic heterocycles. The largest absolute Gasteiger partial charge is 0.504 e. The lowest BCUT2D eigenvalue weighted by molar-refractivity contribution is -0.151. The normalized spacial score (nSPS) is 31.6. The second kappa shape index (κ2) is 10.2. The number of ether oxygens (including phenoxy) is 5. The number of benzene rings is 2. The van der Waals surface area contributed by atoms with Gasteiger partial charge in [0, 0.05) is 53.9 Å². The molecular formula is C31H34N4O8S. The van der Waals surface area contributed by atoms with Gasteiger partial charge in [0.15, 0.2) is 23.0 Å². The average molecular weight is 623 g/mol. The summed E-state index contributed by atoms with van der Waals surface area (Å²) in [6, 6.07) is 2.22. The van der Waals surface area contributed by atoms with Crippen LogP contribution in [0.4, 0.5) is 0 Å². The Bertz CT molecular complexity index is 1660. The van der Waals surface area contributed by atoms with E-state index in [1.807, 2.05) is 27.0 Å².